The van der Waals surface area contributed by atoms with Gasteiger partial charge in [-0.25, -0.2) is 9.55 Å². The van der Waals surface area contributed by atoms with Gasteiger partial charge in [-0.05, 0) is 116 Å². The van der Waals surface area contributed by atoms with Crippen molar-refractivity contribution < 1.29 is 14.0 Å². The molecule has 0 unspecified atom stereocenters. The first kappa shape index (κ1) is 32.4. The minimum atomic E-state index is 0.861. The van der Waals surface area contributed by atoms with Crippen molar-refractivity contribution in [3.63, 3.8) is 0 Å². The molecule has 4 heterocycles. The number of H-pyrrole nitrogens is 2. The zero-order valence-corrected chi connectivity index (χ0v) is 31.3. The molecule has 0 spiro atoms. The molecule has 0 fully saturated rings. The summed E-state index contributed by atoms with van der Waals surface area (Å²) < 4.78 is 14.5. The summed E-state index contributed by atoms with van der Waals surface area (Å²) >= 11 is 2.44. The average Bonchev–Trinajstić information content (AvgIpc) is 3.69. The third kappa shape index (κ3) is 5.52. The van der Waals surface area contributed by atoms with Crippen LogP contribution in [-0.2, 0) is 7.05 Å². The fourth-order valence-corrected chi connectivity index (χ4v) is 8.12. The van der Waals surface area contributed by atoms with Crippen molar-refractivity contribution in [1.82, 2.24) is 15.0 Å². The fourth-order valence-electron chi connectivity index (χ4n) is 7.57. The van der Waals surface area contributed by atoms with E-state index >= 15 is 0 Å². The minimum Gasteiger partial charge on any atom is -0.497 e. The maximum absolute atomic E-state index is 5.55. The van der Waals surface area contributed by atoms with E-state index in [1.165, 1.54) is 63.6 Å². The van der Waals surface area contributed by atoms with Gasteiger partial charge in [0.25, 0.3) is 5.82 Å². The van der Waals surface area contributed by atoms with E-state index in [4.69, 9.17) is 14.5 Å². The van der Waals surface area contributed by atoms with Crippen LogP contribution in [-0.4, -0.2) is 42.3 Å². The van der Waals surface area contributed by atoms with Crippen molar-refractivity contribution in [1.29, 1.82) is 0 Å². The predicted molar refractivity (Wildman–Crippen MR) is 216 cm³/mol. The molecule has 0 radical (unpaired) electrons. The third-order valence-corrected chi connectivity index (χ3v) is 11.4. The van der Waals surface area contributed by atoms with Crippen molar-refractivity contribution in [3.8, 4) is 11.5 Å². The smallest absolute Gasteiger partial charge is 0.283 e. The minimum absolute atomic E-state index is 0.861. The first-order chi connectivity index (χ1) is 24.4. The first-order valence-electron chi connectivity index (χ1n) is 17.3. The van der Waals surface area contributed by atoms with Gasteiger partial charge in [0.1, 0.15) is 17.3 Å². The van der Waals surface area contributed by atoms with Crippen LogP contribution in [0, 0.1) is 17.5 Å². The number of benzene rings is 4. The standard InChI is InChI=1S/C41H41IN6O2/c1-23-27-14-17-44-40(33(27)20-31-29-18-25(49-4)10-12-35(29)46-38(23)31)43-15-8-6-7-9-16-45-41-34-21-32-30-19-26(50-5)11-13-36(30)47-39(32)24(2)28(34)22-37(42)48(41)3/h10-14,17-22H,6-9,15-16H2,1-5H3,(H3,43,44,45,46,47)/p+1. The lowest BCUT2D eigenvalue weighted by atomic mass is 10.0. The molecule has 50 heavy (non-hydrogen) atoms. The molecule has 9 heteroatoms. The highest BCUT2D eigenvalue weighted by molar-refractivity contribution is 14.1. The highest BCUT2D eigenvalue weighted by Gasteiger charge is 2.20. The number of aromatic nitrogens is 4. The summed E-state index contributed by atoms with van der Waals surface area (Å²) in [5.74, 6) is 3.84. The van der Waals surface area contributed by atoms with Gasteiger partial charge in [-0.2, -0.15) is 0 Å². The number of rotatable bonds is 11. The Bertz CT molecular complexity index is 2590. The second kappa shape index (κ2) is 13.2. The number of aryl methyl sites for hydroxylation is 2. The normalized spacial score (nSPS) is 11.9. The van der Waals surface area contributed by atoms with Gasteiger partial charge in [0.15, 0.2) is 3.70 Å². The molecule has 0 aliphatic rings. The Morgan fingerprint density at radius 1 is 0.640 bits per heavy atom. The van der Waals surface area contributed by atoms with Crippen LogP contribution in [0.1, 0.15) is 36.8 Å². The monoisotopic (exact) mass is 777 g/mol. The number of hydrogen-bond acceptors (Lipinski definition) is 5. The number of unbranched alkanes of at least 4 members (excludes halogenated alkanes) is 3. The first-order valence-corrected chi connectivity index (χ1v) is 18.4. The zero-order chi connectivity index (χ0) is 34.5. The number of hydrogen-bond donors (Lipinski definition) is 4. The van der Waals surface area contributed by atoms with E-state index < -0.39 is 0 Å². The predicted octanol–water partition coefficient (Wildman–Crippen LogP) is 9.80. The Hall–Kier alpha value is -4.77. The Morgan fingerprint density at radius 2 is 1.22 bits per heavy atom. The molecule has 0 atom stereocenters. The van der Waals surface area contributed by atoms with Crippen molar-refractivity contribution in [3.05, 3.63) is 81.7 Å². The molecule has 0 saturated heterocycles. The Labute approximate surface area is 304 Å². The molecule has 0 aliphatic carbocycles. The highest BCUT2D eigenvalue weighted by Crippen LogP contribution is 2.38. The molecular weight excluding hydrogens is 735 g/mol. The van der Waals surface area contributed by atoms with E-state index in [0.717, 1.165) is 78.3 Å². The van der Waals surface area contributed by atoms with Gasteiger partial charge in [0, 0.05) is 73.3 Å². The van der Waals surface area contributed by atoms with Crippen LogP contribution in [0.3, 0.4) is 0 Å². The highest BCUT2D eigenvalue weighted by atomic mass is 127. The van der Waals surface area contributed by atoms with Crippen molar-refractivity contribution in [2.75, 3.05) is 37.9 Å². The maximum Gasteiger partial charge on any atom is 0.283 e. The molecule has 4 N–H and O–H groups in total. The van der Waals surface area contributed by atoms with Gasteiger partial charge >= 0.3 is 0 Å². The number of halogens is 1. The summed E-state index contributed by atoms with van der Waals surface area (Å²) in [6.45, 7) is 6.22. The van der Waals surface area contributed by atoms with Crippen LogP contribution < -0.4 is 24.7 Å². The summed E-state index contributed by atoms with van der Waals surface area (Å²) in [5, 5.41) is 17.1. The van der Waals surface area contributed by atoms with Crippen molar-refractivity contribution in [2.24, 2.45) is 7.05 Å². The zero-order valence-electron chi connectivity index (χ0n) is 29.2. The Kier molecular flexibility index (Phi) is 8.54. The molecule has 0 saturated carbocycles. The lowest BCUT2D eigenvalue weighted by Gasteiger charge is -2.12. The van der Waals surface area contributed by atoms with E-state index in [2.05, 4.69) is 117 Å². The van der Waals surface area contributed by atoms with Crippen LogP contribution in [0.25, 0.3) is 65.2 Å². The Balaban J connectivity index is 0.935. The SMILES string of the molecule is COc1ccc2[nH]c3c(C)c4ccnc(NCCCCCCNc5c6cc7c([nH]c8ccc(OC)cc87)c(C)c6cc(I)[n+]5C)c4cc3c2c1. The molecule has 8 aromatic rings. The van der Waals surface area contributed by atoms with Gasteiger partial charge in [0.2, 0.25) is 0 Å². The van der Waals surface area contributed by atoms with Crippen LogP contribution in [0.5, 0.6) is 11.5 Å². The molecular formula is C41H42IN6O2+. The topological polar surface area (TPSA) is 90.9 Å². The number of aromatic amines is 2. The quantitative estimate of drug-likeness (QED) is 0.0455. The number of methoxy groups -OCH3 is 2. The van der Waals surface area contributed by atoms with Gasteiger partial charge in [-0.3, -0.25) is 5.32 Å². The Morgan fingerprint density at radius 3 is 1.84 bits per heavy atom. The summed E-state index contributed by atoms with van der Waals surface area (Å²) in [5.41, 5.74) is 7.10. The van der Waals surface area contributed by atoms with Crippen LogP contribution >= 0.6 is 22.6 Å². The lowest BCUT2D eigenvalue weighted by molar-refractivity contribution is -0.669. The number of fused-ring (bicyclic) bond motifs is 8. The maximum atomic E-state index is 5.55. The summed E-state index contributed by atoms with van der Waals surface area (Å²) in [4.78, 5) is 12.0. The lowest BCUT2D eigenvalue weighted by Crippen LogP contribution is -2.36. The van der Waals surface area contributed by atoms with Gasteiger partial charge < -0.3 is 24.8 Å². The van der Waals surface area contributed by atoms with E-state index in [1.807, 2.05) is 18.3 Å². The van der Waals surface area contributed by atoms with E-state index in [1.54, 1.807) is 14.2 Å². The summed E-state index contributed by atoms with van der Waals surface area (Å²) in [7, 11) is 5.59. The molecule has 8 rings (SSSR count). The molecule has 4 aromatic carbocycles. The third-order valence-electron chi connectivity index (χ3n) is 10.4. The molecule has 0 bridgehead atoms. The molecule has 0 aliphatic heterocycles. The molecule has 254 valence electrons. The number of pyridine rings is 2. The number of ether oxygens (including phenoxy) is 2. The largest absolute Gasteiger partial charge is 0.497 e. The van der Waals surface area contributed by atoms with E-state index in [-0.39, 0.29) is 0 Å². The summed E-state index contributed by atoms with van der Waals surface area (Å²) in [6.07, 6.45) is 6.42. The average molecular weight is 778 g/mol. The molecule has 8 nitrogen and oxygen atoms in total. The van der Waals surface area contributed by atoms with Gasteiger partial charge in [0.05, 0.1) is 44.2 Å². The number of anilines is 2. The molecule has 0 amide bonds. The van der Waals surface area contributed by atoms with Crippen molar-refractivity contribution >= 4 is 99.4 Å². The van der Waals surface area contributed by atoms with E-state index in [0.29, 0.717) is 0 Å². The molecule has 4 aromatic heterocycles. The second-order valence-corrected chi connectivity index (χ2v) is 14.4. The van der Waals surface area contributed by atoms with Crippen LogP contribution in [0.4, 0.5) is 11.6 Å². The van der Waals surface area contributed by atoms with Crippen LogP contribution in [0.2, 0.25) is 0 Å². The van der Waals surface area contributed by atoms with Gasteiger partial charge in [-0.15, -0.1) is 0 Å². The van der Waals surface area contributed by atoms with Gasteiger partial charge in [-0.1, -0.05) is 6.42 Å². The van der Waals surface area contributed by atoms with E-state index in [9.17, 15) is 0 Å². The van der Waals surface area contributed by atoms with Crippen molar-refractivity contribution in [2.45, 2.75) is 39.5 Å². The number of nitrogens with zero attached hydrogens (tertiary/aromatic N) is 2. The fraction of sp³-hybridized carbons (Fsp3) is 0.268. The summed E-state index contributed by atoms with van der Waals surface area (Å²) in [6, 6.07) is 21.5. The van der Waals surface area contributed by atoms with Crippen LogP contribution in [0.15, 0.2) is 66.9 Å². The second-order valence-electron chi connectivity index (χ2n) is 13.3. The number of nitrogens with one attached hydrogen (secondary N) is 4.